The van der Waals surface area contributed by atoms with Crippen LogP contribution < -0.4 is 10.9 Å². The van der Waals surface area contributed by atoms with E-state index in [0.717, 1.165) is 36.4 Å². The number of amides is 1. The third kappa shape index (κ3) is 3.82. The maximum atomic E-state index is 13.3. The predicted octanol–water partition coefficient (Wildman–Crippen LogP) is 3.30. The molecule has 34 heavy (non-hydrogen) atoms. The molecule has 4 aromatic rings. The summed E-state index contributed by atoms with van der Waals surface area (Å²) >= 11 is 0. The number of nitrogens with one attached hydrogen (secondary N) is 2. The minimum absolute atomic E-state index is 0.116. The van der Waals surface area contributed by atoms with Crippen LogP contribution in [-0.2, 0) is 13.2 Å². The van der Waals surface area contributed by atoms with Gasteiger partial charge in [-0.1, -0.05) is 18.9 Å². The third-order valence-corrected chi connectivity index (χ3v) is 5.87. The number of carbonyl (C=O) groups excluding carboxylic acids is 1. The van der Waals surface area contributed by atoms with Crippen LogP contribution in [0.5, 0.6) is 0 Å². The minimum Gasteiger partial charge on any atom is -0.309 e. The van der Waals surface area contributed by atoms with Crippen molar-refractivity contribution in [3.8, 4) is 11.5 Å². The number of aromatic nitrogens is 7. The smallest absolute Gasteiger partial charge is 0.309 e. The number of anilines is 1. The first-order chi connectivity index (χ1) is 16.2. The average Bonchev–Trinajstić information content (AvgIpc) is 3.53. The van der Waals surface area contributed by atoms with Crippen LogP contribution in [0.1, 0.15) is 47.8 Å². The Labute approximate surface area is 189 Å². The largest absolute Gasteiger partial charge is 0.435 e. The standard InChI is InChI=1S/C21H19F3N8O2/c1-31-17-12(16(30-31)21(22,23)24)9-13(20(34)28-17)19(33)27-15-8-4-7-14(26-15)18-29-25-10-32(18)11-5-2-3-6-11/h4,7-11H,2-3,5-6H2,1H3,(H,28,34)(H,26,27,33). The van der Waals surface area contributed by atoms with Crippen molar-refractivity contribution in [1.82, 2.24) is 34.5 Å². The summed E-state index contributed by atoms with van der Waals surface area (Å²) in [6, 6.07) is 6.05. The number of aromatic amines is 1. The fourth-order valence-electron chi connectivity index (χ4n) is 4.28. The Kier molecular flexibility index (Phi) is 5.18. The van der Waals surface area contributed by atoms with Gasteiger partial charge >= 0.3 is 6.18 Å². The fourth-order valence-corrected chi connectivity index (χ4v) is 4.28. The molecule has 1 saturated carbocycles. The van der Waals surface area contributed by atoms with Crippen molar-refractivity contribution in [2.24, 2.45) is 7.05 Å². The Bertz CT molecular complexity index is 1450. The number of alkyl halides is 3. The Hall–Kier alpha value is -4.03. The van der Waals surface area contributed by atoms with Crippen LogP contribution in [-0.4, -0.2) is 40.4 Å². The molecule has 0 atom stereocenters. The van der Waals surface area contributed by atoms with Crippen molar-refractivity contribution in [2.45, 2.75) is 37.9 Å². The molecule has 0 unspecified atom stereocenters. The van der Waals surface area contributed by atoms with Gasteiger partial charge in [-0.25, -0.2) is 4.98 Å². The SMILES string of the molecule is Cn1nc(C(F)(F)F)c2cc(C(=O)Nc3cccc(-c4nncn4C4CCCC4)n3)c(=O)[nH]c21. The number of rotatable bonds is 4. The van der Waals surface area contributed by atoms with Crippen molar-refractivity contribution in [3.05, 3.63) is 52.2 Å². The van der Waals surface area contributed by atoms with Gasteiger partial charge in [-0.2, -0.15) is 18.3 Å². The highest BCUT2D eigenvalue weighted by molar-refractivity contribution is 6.05. The lowest BCUT2D eigenvalue weighted by Gasteiger charge is -2.13. The molecule has 1 aliphatic carbocycles. The lowest BCUT2D eigenvalue weighted by Crippen LogP contribution is -2.24. The Morgan fingerprint density at radius 3 is 2.74 bits per heavy atom. The summed E-state index contributed by atoms with van der Waals surface area (Å²) in [5.41, 5.74) is -2.20. The van der Waals surface area contributed by atoms with Crippen LogP contribution in [0.2, 0.25) is 0 Å². The summed E-state index contributed by atoms with van der Waals surface area (Å²) in [7, 11) is 1.27. The molecule has 1 aliphatic rings. The molecule has 4 heterocycles. The molecule has 0 aromatic carbocycles. The molecule has 0 aliphatic heterocycles. The molecule has 0 bridgehead atoms. The van der Waals surface area contributed by atoms with E-state index in [9.17, 15) is 22.8 Å². The van der Waals surface area contributed by atoms with Gasteiger partial charge in [0.15, 0.2) is 11.5 Å². The number of H-pyrrole nitrogens is 1. The normalized spacial score (nSPS) is 14.7. The number of hydrogen-bond acceptors (Lipinski definition) is 6. The molecular formula is C21H19F3N8O2. The highest BCUT2D eigenvalue weighted by atomic mass is 19.4. The molecule has 5 rings (SSSR count). The zero-order chi connectivity index (χ0) is 24.0. The number of nitrogens with zero attached hydrogens (tertiary/aromatic N) is 6. The van der Waals surface area contributed by atoms with Crippen molar-refractivity contribution in [3.63, 3.8) is 0 Å². The van der Waals surface area contributed by atoms with E-state index in [1.807, 2.05) is 4.57 Å². The van der Waals surface area contributed by atoms with Crippen LogP contribution in [0.4, 0.5) is 19.0 Å². The number of aryl methyl sites for hydroxylation is 1. The van der Waals surface area contributed by atoms with E-state index in [1.165, 1.54) is 13.1 Å². The molecule has 10 nitrogen and oxygen atoms in total. The predicted molar refractivity (Wildman–Crippen MR) is 115 cm³/mol. The average molecular weight is 472 g/mol. The van der Waals surface area contributed by atoms with Gasteiger partial charge in [-0.05, 0) is 31.0 Å². The number of hydrogen-bond donors (Lipinski definition) is 2. The van der Waals surface area contributed by atoms with E-state index in [1.54, 1.807) is 18.5 Å². The lowest BCUT2D eigenvalue weighted by atomic mass is 10.2. The summed E-state index contributed by atoms with van der Waals surface area (Å²) in [4.78, 5) is 32.0. The number of halogens is 3. The molecule has 2 N–H and O–H groups in total. The van der Waals surface area contributed by atoms with Crippen LogP contribution >= 0.6 is 0 Å². The summed E-state index contributed by atoms with van der Waals surface area (Å²) in [5, 5.41) is 13.7. The first kappa shape index (κ1) is 21.8. The number of pyridine rings is 2. The van der Waals surface area contributed by atoms with Crippen LogP contribution in [0.25, 0.3) is 22.6 Å². The summed E-state index contributed by atoms with van der Waals surface area (Å²) in [6.07, 6.45) is 1.17. The van der Waals surface area contributed by atoms with Crippen molar-refractivity contribution in [2.75, 3.05) is 5.32 Å². The summed E-state index contributed by atoms with van der Waals surface area (Å²) in [6.45, 7) is 0. The van der Waals surface area contributed by atoms with Crippen LogP contribution in [0.3, 0.4) is 0 Å². The molecule has 176 valence electrons. The Balaban J connectivity index is 1.46. The molecule has 1 fully saturated rings. The summed E-state index contributed by atoms with van der Waals surface area (Å²) in [5.74, 6) is -0.236. The molecule has 0 spiro atoms. The Morgan fingerprint density at radius 1 is 1.24 bits per heavy atom. The maximum Gasteiger partial charge on any atom is 0.435 e. The molecule has 4 aromatic heterocycles. The number of fused-ring (bicyclic) bond motifs is 1. The zero-order valence-electron chi connectivity index (χ0n) is 17.9. The quantitative estimate of drug-likeness (QED) is 0.470. The number of carbonyl (C=O) groups is 1. The fraction of sp³-hybridized carbons (Fsp3) is 0.333. The molecule has 0 saturated heterocycles. The van der Waals surface area contributed by atoms with E-state index in [2.05, 4.69) is 30.6 Å². The summed E-state index contributed by atoms with van der Waals surface area (Å²) < 4.78 is 42.9. The van der Waals surface area contributed by atoms with Gasteiger partial charge in [-0.3, -0.25) is 14.3 Å². The highest BCUT2D eigenvalue weighted by Gasteiger charge is 2.37. The molecular weight excluding hydrogens is 453 g/mol. The van der Waals surface area contributed by atoms with E-state index >= 15 is 0 Å². The Morgan fingerprint density at radius 2 is 2.00 bits per heavy atom. The molecule has 13 heteroatoms. The van der Waals surface area contributed by atoms with Gasteiger partial charge in [0.05, 0.1) is 5.39 Å². The maximum absolute atomic E-state index is 13.3. The topological polar surface area (TPSA) is 123 Å². The highest BCUT2D eigenvalue weighted by Crippen LogP contribution is 2.34. The van der Waals surface area contributed by atoms with E-state index < -0.39 is 28.9 Å². The van der Waals surface area contributed by atoms with Gasteiger partial charge in [0.1, 0.15) is 29.0 Å². The van der Waals surface area contributed by atoms with Gasteiger partial charge in [0.25, 0.3) is 11.5 Å². The second-order valence-electron chi connectivity index (χ2n) is 8.11. The molecule has 0 radical (unpaired) electrons. The van der Waals surface area contributed by atoms with Gasteiger partial charge < -0.3 is 14.9 Å². The van der Waals surface area contributed by atoms with Gasteiger partial charge in [0, 0.05) is 13.1 Å². The van der Waals surface area contributed by atoms with E-state index in [4.69, 9.17) is 0 Å². The van der Waals surface area contributed by atoms with Crippen LogP contribution in [0, 0.1) is 0 Å². The van der Waals surface area contributed by atoms with Crippen molar-refractivity contribution >= 4 is 22.8 Å². The van der Waals surface area contributed by atoms with Crippen molar-refractivity contribution < 1.29 is 18.0 Å². The lowest BCUT2D eigenvalue weighted by molar-refractivity contribution is -0.140. The molecule has 1 amide bonds. The second-order valence-corrected chi connectivity index (χ2v) is 8.11. The van der Waals surface area contributed by atoms with E-state index in [0.29, 0.717) is 11.5 Å². The van der Waals surface area contributed by atoms with Gasteiger partial charge in [0.2, 0.25) is 0 Å². The third-order valence-electron chi connectivity index (χ3n) is 5.87. The first-order valence-electron chi connectivity index (χ1n) is 10.6. The van der Waals surface area contributed by atoms with E-state index in [-0.39, 0.29) is 22.9 Å². The zero-order valence-corrected chi connectivity index (χ0v) is 17.9. The monoisotopic (exact) mass is 472 g/mol. The minimum atomic E-state index is -4.75. The van der Waals surface area contributed by atoms with Crippen LogP contribution in [0.15, 0.2) is 35.4 Å². The second kappa shape index (κ2) is 8.08. The van der Waals surface area contributed by atoms with Crippen molar-refractivity contribution in [1.29, 1.82) is 0 Å². The first-order valence-corrected chi connectivity index (χ1v) is 10.6. The van der Waals surface area contributed by atoms with Gasteiger partial charge in [-0.15, -0.1) is 10.2 Å².